The fourth-order valence-electron chi connectivity index (χ4n) is 3.92. The van der Waals surface area contributed by atoms with Crippen LogP contribution in [0, 0.1) is 11.6 Å². The molecule has 1 N–H and O–H groups in total. The van der Waals surface area contributed by atoms with Gasteiger partial charge in [0.1, 0.15) is 0 Å². The minimum absolute atomic E-state index is 0.0531. The summed E-state index contributed by atoms with van der Waals surface area (Å²) in [6, 6.07) is 9.40. The predicted octanol–water partition coefficient (Wildman–Crippen LogP) is 4.05. The number of aromatic nitrogens is 2. The second-order valence-corrected chi connectivity index (χ2v) is 8.26. The standard InChI is InChI=1S/C25H29F2N5O2/c1-31-10-12-32(13-11-31)19-7-5-18(6-8-19)30-25-28-15-17(16-29-25)4-9-20-23(26)21(33-2)14-22(34-3)24(20)27/h5-8,14-16H,4,9-13H2,1-3H3,(H,28,29,30). The lowest BCUT2D eigenvalue weighted by Crippen LogP contribution is -2.44. The van der Waals surface area contributed by atoms with E-state index >= 15 is 0 Å². The van der Waals surface area contributed by atoms with Gasteiger partial charge in [0.25, 0.3) is 0 Å². The van der Waals surface area contributed by atoms with E-state index in [4.69, 9.17) is 9.47 Å². The number of halogens is 2. The van der Waals surface area contributed by atoms with E-state index in [0.717, 1.165) is 37.4 Å². The topological polar surface area (TPSA) is 62.8 Å². The van der Waals surface area contributed by atoms with Gasteiger partial charge >= 0.3 is 0 Å². The van der Waals surface area contributed by atoms with Gasteiger partial charge in [-0.25, -0.2) is 18.7 Å². The normalized spacial score (nSPS) is 14.2. The molecule has 7 nitrogen and oxygen atoms in total. The molecule has 0 atom stereocenters. The molecule has 180 valence electrons. The maximum Gasteiger partial charge on any atom is 0.227 e. The number of anilines is 3. The highest BCUT2D eigenvalue weighted by atomic mass is 19.1. The molecule has 0 unspecified atom stereocenters. The molecule has 0 bridgehead atoms. The molecule has 3 aromatic rings. The smallest absolute Gasteiger partial charge is 0.227 e. The summed E-state index contributed by atoms with van der Waals surface area (Å²) in [4.78, 5) is 13.4. The Morgan fingerprint density at radius 2 is 1.47 bits per heavy atom. The van der Waals surface area contributed by atoms with Crippen LogP contribution in [0.4, 0.5) is 26.1 Å². The third kappa shape index (κ3) is 5.36. The largest absolute Gasteiger partial charge is 0.494 e. The molecule has 0 radical (unpaired) electrons. The number of hydrogen-bond donors (Lipinski definition) is 1. The van der Waals surface area contributed by atoms with Crippen LogP contribution in [0.2, 0.25) is 0 Å². The maximum atomic E-state index is 14.6. The van der Waals surface area contributed by atoms with Crippen molar-refractivity contribution < 1.29 is 18.3 Å². The van der Waals surface area contributed by atoms with Crippen molar-refractivity contribution in [2.45, 2.75) is 12.8 Å². The molecular formula is C25H29F2N5O2. The molecule has 9 heteroatoms. The number of likely N-dealkylation sites (N-methyl/N-ethyl adjacent to an activating group) is 1. The highest BCUT2D eigenvalue weighted by Gasteiger charge is 2.20. The minimum atomic E-state index is -0.722. The Hall–Kier alpha value is -3.46. The molecule has 2 heterocycles. The molecule has 34 heavy (non-hydrogen) atoms. The van der Waals surface area contributed by atoms with Gasteiger partial charge in [-0.05, 0) is 49.7 Å². The van der Waals surface area contributed by atoms with Gasteiger partial charge in [0.05, 0.1) is 14.2 Å². The molecule has 2 aromatic carbocycles. The Labute approximate surface area is 198 Å². The van der Waals surface area contributed by atoms with Crippen LogP contribution in [0.3, 0.4) is 0 Å². The van der Waals surface area contributed by atoms with Gasteiger partial charge in [-0.1, -0.05) is 0 Å². The average molecular weight is 470 g/mol. The van der Waals surface area contributed by atoms with Crippen molar-refractivity contribution in [3.05, 3.63) is 65.5 Å². The second kappa shape index (κ2) is 10.6. The van der Waals surface area contributed by atoms with Gasteiger partial charge in [-0.2, -0.15) is 0 Å². The van der Waals surface area contributed by atoms with E-state index in [1.54, 1.807) is 12.4 Å². The summed E-state index contributed by atoms with van der Waals surface area (Å²) in [5, 5.41) is 3.19. The molecule has 1 aliphatic heterocycles. The van der Waals surface area contributed by atoms with Gasteiger partial charge in [0, 0.05) is 61.6 Å². The van der Waals surface area contributed by atoms with Gasteiger partial charge in [0.2, 0.25) is 5.95 Å². The number of piperazine rings is 1. The molecule has 0 saturated carbocycles. The number of rotatable bonds is 8. The van der Waals surface area contributed by atoms with E-state index in [0.29, 0.717) is 12.4 Å². The number of ether oxygens (including phenoxy) is 2. The molecule has 1 aliphatic rings. The molecule has 1 aromatic heterocycles. The van der Waals surface area contributed by atoms with Crippen LogP contribution in [-0.2, 0) is 12.8 Å². The zero-order chi connectivity index (χ0) is 24.1. The molecular weight excluding hydrogens is 440 g/mol. The molecule has 0 aliphatic carbocycles. The van der Waals surface area contributed by atoms with Gasteiger partial charge in [-0.3, -0.25) is 0 Å². The molecule has 0 amide bonds. The number of benzene rings is 2. The first-order valence-electron chi connectivity index (χ1n) is 11.2. The number of hydrogen-bond acceptors (Lipinski definition) is 7. The Morgan fingerprint density at radius 1 is 0.882 bits per heavy atom. The summed E-state index contributed by atoms with van der Waals surface area (Å²) in [7, 11) is 4.81. The van der Waals surface area contributed by atoms with E-state index in [-0.39, 0.29) is 23.5 Å². The summed E-state index contributed by atoms with van der Waals surface area (Å²) >= 11 is 0. The highest BCUT2D eigenvalue weighted by Crippen LogP contribution is 2.32. The fourth-order valence-corrected chi connectivity index (χ4v) is 3.92. The first-order chi connectivity index (χ1) is 16.5. The lowest BCUT2D eigenvalue weighted by Gasteiger charge is -2.34. The lowest BCUT2D eigenvalue weighted by atomic mass is 10.0. The van der Waals surface area contributed by atoms with Crippen molar-refractivity contribution in [2.75, 3.05) is 57.7 Å². The SMILES string of the molecule is COc1cc(OC)c(F)c(CCc2cnc(Nc3ccc(N4CCN(C)CC4)cc3)nc2)c1F. The van der Waals surface area contributed by atoms with Gasteiger partial charge in [0.15, 0.2) is 23.1 Å². The van der Waals surface area contributed by atoms with Crippen molar-refractivity contribution in [1.29, 1.82) is 0 Å². The zero-order valence-electron chi connectivity index (χ0n) is 19.6. The quantitative estimate of drug-likeness (QED) is 0.534. The Kier molecular flexibility index (Phi) is 7.42. The fraction of sp³-hybridized carbons (Fsp3) is 0.360. The van der Waals surface area contributed by atoms with E-state index in [1.165, 1.54) is 26.0 Å². The number of methoxy groups -OCH3 is 2. The highest BCUT2D eigenvalue weighted by molar-refractivity contribution is 5.59. The van der Waals surface area contributed by atoms with Crippen molar-refractivity contribution in [2.24, 2.45) is 0 Å². The van der Waals surface area contributed by atoms with Crippen molar-refractivity contribution in [1.82, 2.24) is 14.9 Å². The monoisotopic (exact) mass is 469 g/mol. The van der Waals surface area contributed by atoms with Gasteiger partial charge < -0.3 is 24.6 Å². The van der Waals surface area contributed by atoms with E-state index in [2.05, 4.69) is 44.3 Å². The van der Waals surface area contributed by atoms with E-state index in [1.807, 2.05) is 12.1 Å². The van der Waals surface area contributed by atoms with Crippen molar-refractivity contribution >= 4 is 17.3 Å². The van der Waals surface area contributed by atoms with Gasteiger partial charge in [-0.15, -0.1) is 0 Å². The van der Waals surface area contributed by atoms with Crippen LogP contribution >= 0.6 is 0 Å². The van der Waals surface area contributed by atoms with Crippen LogP contribution in [0.1, 0.15) is 11.1 Å². The Morgan fingerprint density at radius 3 is 2.03 bits per heavy atom. The number of nitrogens with zero attached hydrogens (tertiary/aromatic N) is 4. The third-order valence-corrected chi connectivity index (χ3v) is 6.03. The third-order valence-electron chi connectivity index (χ3n) is 6.03. The predicted molar refractivity (Wildman–Crippen MR) is 128 cm³/mol. The molecule has 1 saturated heterocycles. The molecule has 0 spiro atoms. The summed E-state index contributed by atoms with van der Waals surface area (Å²) in [5.74, 6) is -1.10. The maximum absolute atomic E-state index is 14.6. The Balaban J connectivity index is 1.37. The summed E-state index contributed by atoms with van der Waals surface area (Å²) < 4.78 is 39.1. The van der Waals surface area contributed by atoms with Crippen molar-refractivity contribution in [3.63, 3.8) is 0 Å². The van der Waals surface area contributed by atoms with Crippen LogP contribution in [0.15, 0.2) is 42.7 Å². The zero-order valence-corrected chi connectivity index (χ0v) is 19.6. The van der Waals surface area contributed by atoms with Crippen LogP contribution in [0.25, 0.3) is 0 Å². The summed E-state index contributed by atoms with van der Waals surface area (Å²) in [6.45, 7) is 4.16. The summed E-state index contributed by atoms with van der Waals surface area (Å²) in [5.41, 5.74) is 2.76. The second-order valence-electron chi connectivity index (χ2n) is 8.26. The van der Waals surface area contributed by atoms with Crippen LogP contribution < -0.4 is 19.7 Å². The number of nitrogens with one attached hydrogen (secondary N) is 1. The molecule has 1 fully saturated rings. The summed E-state index contributed by atoms with van der Waals surface area (Å²) in [6.07, 6.45) is 3.79. The van der Waals surface area contributed by atoms with E-state index < -0.39 is 11.6 Å². The Bertz CT molecular complexity index is 1070. The first-order valence-corrected chi connectivity index (χ1v) is 11.2. The first kappa shape index (κ1) is 23.7. The van der Waals surface area contributed by atoms with E-state index in [9.17, 15) is 8.78 Å². The average Bonchev–Trinajstić information content (AvgIpc) is 2.86. The van der Waals surface area contributed by atoms with Crippen LogP contribution in [-0.4, -0.2) is 62.3 Å². The van der Waals surface area contributed by atoms with Crippen molar-refractivity contribution in [3.8, 4) is 11.5 Å². The minimum Gasteiger partial charge on any atom is -0.494 e. The molecule has 4 rings (SSSR count). The lowest BCUT2D eigenvalue weighted by molar-refractivity contribution is 0.313. The number of aryl methyl sites for hydroxylation is 1. The van der Waals surface area contributed by atoms with Crippen LogP contribution in [0.5, 0.6) is 11.5 Å².